The number of aromatic amines is 1. The molecule has 0 aliphatic carbocycles. The van der Waals surface area contributed by atoms with Crippen LogP contribution in [0.2, 0.25) is 5.15 Å². The summed E-state index contributed by atoms with van der Waals surface area (Å²) in [6.07, 6.45) is 16.3. The number of aromatic nitrogens is 10. The van der Waals surface area contributed by atoms with Gasteiger partial charge in [0.05, 0.1) is 113 Å². The Morgan fingerprint density at radius 2 is 0.989 bits per heavy atom. The van der Waals surface area contributed by atoms with Crippen molar-refractivity contribution in [1.82, 2.24) is 49.4 Å². The number of rotatable bonds is 11. The molecular weight excluding hydrogens is 1170 g/mol. The molecule has 0 atom stereocenters. The molecule has 9 aromatic heterocycles. The number of pyridine rings is 8. The Hall–Kier alpha value is -9.94. The third-order valence-electron chi connectivity index (χ3n) is 15.9. The number of anilines is 3. The number of hydrogen-bond acceptors (Lipinski definition) is 21. The topological polar surface area (TPSA) is 246 Å². The van der Waals surface area contributed by atoms with Crippen LogP contribution in [0, 0.1) is 0 Å². The molecule has 16 rings (SSSR count). The zero-order chi connectivity index (χ0) is 62.0. The Bertz CT molecular complexity index is 4270. The fraction of sp³-hybridized carbons (Fsp3) is 0.299. The second kappa shape index (κ2) is 27.8. The van der Waals surface area contributed by atoms with E-state index >= 15 is 0 Å². The smallest absolute Gasteiger partial charge is 0.248 e. The highest BCUT2D eigenvalue weighted by atomic mass is 35.5. The summed E-state index contributed by atoms with van der Waals surface area (Å²) in [6.45, 7) is 16.2. The van der Waals surface area contributed by atoms with Crippen molar-refractivity contribution in [2.24, 2.45) is 20.0 Å². The number of imidazole rings is 1. The summed E-state index contributed by atoms with van der Waals surface area (Å²) < 4.78 is 29.1. The van der Waals surface area contributed by atoms with Crippen LogP contribution in [-0.2, 0) is 40.4 Å². The number of halogens is 1. The third kappa shape index (κ3) is 13.9. The van der Waals surface area contributed by atoms with Crippen LogP contribution in [0.15, 0.2) is 166 Å². The third-order valence-corrected chi connectivity index (χ3v) is 16.1. The van der Waals surface area contributed by atoms with E-state index in [1.807, 2.05) is 110 Å². The van der Waals surface area contributed by atoms with Crippen LogP contribution in [0.4, 0.5) is 17.5 Å². The van der Waals surface area contributed by atoms with E-state index in [4.69, 9.17) is 40.3 Å². The van der Waals surface area contributed by atoms with Gasteiger partial charge in [-0.05, 0) is 86.1 Å². The molecule has 9 aromatic rings. The van der Waals surface area contributed by atoms with Gasteiger partial charge in [-0.3, -0.25) is 29.3 Å². The first kappa shape index (κ1) is 60.0. The Balaban J connectivity index is 0.000000111. The molecule has 0 spiro atoms. The highest BCUT2D eigenvalue weighted by Gasteiger charge is 2.26. The van der Waals surface area contributed by atoms with Crippen LogP contribution in [0.3, 0.4) is 0 Å². The lowest BCUT2D eigenvalue weighted by molar-refractivity contribution is 0.122. The highest BCUT2D eigenvalue weighted by Crippen LogP contribution is 2.30. The van der Waals surface area contributed by atoms with E-state index < -0.39 is 0 Å². The lowest BCUT2D eigenvalue weighted by Gasteiger charge is -2.28. The van der Waals surface area contributed by atoms with Gasteiger partial charge in [-0.1, -0.05) is 11.6 Å². The van der Waals surface area contributed by atoms with Gasteiger partial charge < -0.3 is 43.4 Å². The maximum atomic E-state index is 11.6. The first-order valence-corrected chi connectivity index (χ1v) is 30.6. The van der Waals surface area contributed by atoms with Gasteiger partial charge in [-0.15, -0.1) is 0 Å². The Kier molecular flexibility index (Phi) is 18.4. The van der Waals surface area contributed by atoms with E-state index in [0.717, 1.165) is 192 Å². The lowest BCUT2D eigenvalue weighted by Crippen LogP contribution is -2.36. The fourth-order valence-corrected chi connectivity index (χ4v) is 11.5. The van der Waals surface area contributed by atoms with Gasteiger partial charge in [0.1, 0.15) is 34.8 Å². The summed E-state index contributed by atoms with van der Waals surface area (Å²) in [7, 11) is 1.63. The van der Waals surface area contributed by atoms with E-state index in [0.29, 0.717) is 43.1 Å². The van der Waals surface area contributed by atoms with E-state index in [9.17, 15) is 4.79 Å². The maximum Gasteiger partial charge on any atom is 0.248 e. The van der Waals surface area contributed by atoms with Crippen LogP contribution in [-0.4, -0.2) is 164 Å². The van der Waals surface area contributed by atoms with Gasteiger partial charge >= 0.3 is 0 Å². The minimum absolute atomic E-state index is 0.0983. The summed E-state index contributed by atoms with van der Waals surface area (Å²) in [5.41, 5.74) is 16.0. The molecule has 462 valence electrons. The molecule has 91 heavy (non-hydrogen) atoms. The van der Waals surface area contributed by atoms with Crippen molar-refractivity contribution in [3.63, 3.8) is 0 Å². The number of ether oxygens (including phenoxy) is 5. The highest BCUT2D eigenvalue weighted by molar-refractivity contribution is 6.30. The molecule has 0 unspecified atom stereocenters. The molecule has 3 fully saturated rings. The summed E-state index contributed by atoms with van der Waals surface area (Å²) in [5.74, 6) is 4.93. The molecular formula is C67H66ClN17O6. The van der Waals surface area contributed by atoms with E-state index in [1.165, 1.54) is 0 Å². The molecule has 7 aliphatic rings. The molecule has 16 heterocycles. The molecule has 24 heteroatoms. The molecule has 0 saturated carbocycles. The zero-order valence-corrected chi connectivity index (χ0v) is 51.4. The molecule has 7 aliphatic heterocycles. The number of aliphatic imine (C=N–C) groups is 4. The van der Waals surface area contributed by atoms with Crippen molar-refractivity contribution in [2.75, 3.05) is 101 Å². The van der Waals surface area contributed by atoms with Crippen LogP contribution < -0.4 is 29.7 Å². The van der Waals surface area contributed by atoms with Crippen molar-refractivity contribution in [3.05, 3.63) is 223 Å². The Morgan fingerprint density at radius 1 is 0.505 bits per heavy atom. The largest absolute Gasteiger partial charge is 0.481 e. The normalized spacial score (nSPS) is 16.1. The number of nitrogens with one attached hydrogen (secondary N) is 1. The monoisotopic (exact) mass is 1240 g/mol. The molecule has 3 saturated heterocycles. The number of methoxy groups -OCH3 is 1. The van der Waals surface area contributed by atoms with Crippen LogP contribution in [0.1, 0.15) is 80.9 Å². The van der Waals surface area contributed by atoms with Gasteiger partial charge in [-0.25, -0.2) is 39.9 Å². The number of fused-ring (bicyclic) bond motifs is 4. The quantitative estimate of drug-likeness (QED) is 0.122. The maximum absolute atomic E-state index is 11.6. The van der Waals surface area contributed by atoms with E-state index in [1.54, 1.807) is 44.3 Å². The summed E-state index contributed by atoms with van der Waals surface area (Å²) in [4.78, 5) is 74.7. The van der Waals surface area contributed by atoms with Crippen molar-refractivity contribution in [3.8, 4) is 17.6 Å². The summed E-state index contributed by atoms with van der Waals surface area (Å²) >= 11 is 6.00. The van der Waals surface area contributed by atoms with Gasteiger partial charge in [-0.2, -0.15) is 0 Å². The number of morpholine rings is 3. The number of hydrogen-bond donors (Lipinski definition) is 1. The zero-order valence-electron chi connectivity index (χ0n) is 50.7. The molecule has 0 aromatic carbocycles. The average Bonchev–Trinajstić information content (AvgIpc) is 1.92. The lowest BCUT2D eigenvalue weighted by atomic mass is 10.0. The number of H-pyrrole nitrogens is 1. The van der Waals surface area contributed by atoms with Crippen LogP contribution in [0.25, 0.3) is 5.82 Å². The predicted molar refractivity (Wildman–Crippen MR) is 348 cm³/mol. The minimum atomic E-state index is -0.101. The van der Waals surface area contributed by atoms with Gasteiger partial charge in [0.25, 0.3) is 0 Å². The Morgan fingerprint density at radius 3 is 1.55 bits per heavy atom. The van der Waals surface area contributed by atoms with Crippen LogP contribution >= 0.6 is 11.6 Å². The van der Waals surface area contributed by atoms with Gasteiger partial charge in [0, 0.05) is 157 Å². The first-order valence-electron chi connectivity index (χ1n) is 30.3. The predicted octanol–water partition coefficient (Wildman–Crippen LogP) is 7.75. The summed E-state index contributed by atoms with van der Waals surface area (Å²) in [5, 5.41) is 0.479. The molecule has 0 amide bonds. The SMILES string of the molecule is CC(C)Oc1cc2c(cn1)CN=C2c1ccnc(N2CCOCC2)c1.COc1ccc2c(n1)C(c1ccnc(N3CCOCC3)c1)=NC2.Clc1cc2c(cn1)CN=C2c1ccnc(-n2ccnc2)c1.O=c1ccc2c([nH]1)C(c1ccnc(N3CCOCC3)c1)=NC2. The Labute approximate surface area is 530 Å². The van der Waals surface area contributed by atoms with Crippen LogP contribution in [0.5, 0.6) is 11.8 Å². The van der Waals surface area contributed by atoms with Gasteiger partial charge in [0.15, 0.2) is 0 Å². The molecule has 23 nitrogen and oxygen atoms in total. The van der Waals surface area contributed by atoms with E-state index in [2.05, 4.69) is 86.7 Å². The minimum Gasteiger partial charge on any atom is -0.481 e. The van der Waals surface area contributed by atoms with Gasteiger partial charge in [0.2, 0.25) is 17.3 Å². The molecule has 0 bridgehead atoms. The second-order valence-corrected chi connectivity index (χ2v) is 22.5. The summed E-state index contributed by atoms with van der Waals surface area (Å²) in [6, 6.07) is 27.3. The second-order valence-electron chi connectivity index (χ2n) is 22.1. The van der Waals surface area contributed by atoms with E-state index in [-0.39, 0.29) is 11.7 Å². The molecule has 1 N–H and O–H groups in total. The van der Waals surface area contributed by atoms with Crippen molar-refractivity contribution in [1.29, 1.82) is 0 Å². The first-order chi connectivity index (χ1) is 44.7. The van der Waals surface area contributed by atoms with Crippen molar-refractivity contribution >= 4 is 51.9 Å². The standard InChI is InChI=1S/C19H22N4O2.C17H18N4O2.C16H16N4O2.C15H10ClN5/c1-13(2)25-18-10-16-15(11-21-18)12-22-19(16)14-3-4-20-17(9-14)23-5-7-24-8-6-23;1-22-15-3-2-13-11-19-16(17(13)20-15)12-4-5-18-14(10-12)21-6-8-23-9-7-21;21-14-2-1-12-10-18-15(16(12)19-14)11-3-4-17-13(9-11)20-5-7-22-8-6-20;16-13-6-12-11(7-19-13)8-20-15(12)10-1-2-18-14(5-10)21-4-3-17-9-21/h3-4,9-11,13H,5-8,12H2,1-2H3;2-5,10H,6-9,11H2,1H3;1-4,9H,5-8,10H2,(H,19,21);1-7,9H,8H2. The average molecular weight is 1240 g/mol. The fourth-order valence-electron chi connectivity index (χ4n) is 11.3. The van der Waals surface area contributed by atoms with Crippen molar-refractivity contribution in [2.45, 2.75) is 46.1 Å². The number of nitrogens with zero attached hydrogens (tertiary/aromatic N) is 16. The molecule has 0 radical (unpaired) electrons. The van der Waals surface area contributed by atoms with Crippen molar-refractivity contribution < 1.29 is 23.7 Å².